The number of carbonyl (C=O) groups excluding carboxylic acids is 3. The highest BCUT2D eigenvalue weighted by molar-refractivity contribution is 5.98. The van der Waals surface area contributed by atoms with Gasteiger partial charge >= 0.3 is 12.0 Å². The smallest absolute Gasteiger partial charge is 0.347 e. The van der Waals surface area contributed by atoms with Gasteiger partial charge in [-0.2, -0.15) is 0 Å². The zero-order valence-electron chi connectivity index (χ0n) is 12.7. The number of nitrogens with one attached hydrogen (secondary N) is 1. The van der Waals surface area contributed by atoms with Gasteiger partial charge in [0.05, 0.1) is 0 Å². The van der Waals surface area contributed by atoms with E-state index in [-0.39, 0.29) is 6.54 Å². The molecule has 0 saturated carbocycles. The number of imide groups is 1. The van der Waals surface area contributed by atoms with E-state index in [2.05, 4.69) is 5.32 Å². The lowest BCUT2D eigenvalue weighted by Crippen LogP contribution is -2.43. The summed E-state index contributed by atoms with van der Waals surface area (Å²) < 4.78 is 23.1. The highest BCUT2D eigenvalue weighted by Crippen LogP contribution is 2.14. The van der Waals surface area contributed by atoms with Crippen LogP contribution in [0.4, 0.5) is 9.18 Å². The normalized spacial score (nSPS) is 16.5. The van der Waals surface area contributed by atoms with E-state index in [4.69, 9.17) is 9.47 Å². The quantitative estimate of drug-likeness (QED) is 0.819. The molecule has 0 aromatic heterocycles. The first-order valence-corrected chi connectivity index (χ1v) is 7.10. The summed E-state index contributed by atoms with van der Waals surface area (Å²) >= 11 is 0. The van der Waals surface area contributed by atoms with Crippen LogP contribution in [-0.4, -0.2) is 48.1 Å². The van der Waals surface area contributed by atoms with Gasteiger partial charge in [-0.15, -0.1) is 0 Å². The molecule has 23 heavy (non-hydrogen) atoms. The first kappa shape index (κ1) is 16.7. The number of esters is 1. The minimum absolute atomic E-state index is 0.237. The number of carbonyl (C=O) groups is 3. The standard InChI is InChI=1S/C15H17FN2O5/c1-9(13(19)18-8-7-17-15(18)21)23-14(20)10(2)22-12-5-3-11(16)4-6-12/h3-6,9-10H,7-8H2,1-2H3,(H,17,21). The maximum Gasteiger partial charge on any atom is 0.347 e. The molecule has 0 bridgehead atoms. The minimum atomic E-state index is -1.11. The Kier molecular flexibility index (Phi) is 5.15. The van der Waals surface area contributed by atoms with Crippen molar-refractivity contribution in [1.82, 2.24) is 10.2 Å². The van der Waals surface area contributed by atoms with E-state index < -0.39 is 35.9 Å². The van der Waals surface area contributed by atoms with E-state index in [9.17, 15) is 18.8 Å². The minimum Gasteiger partial charge on any atom is -0.479 e. The van der Waals surface area contributed by atoms with Crippen LogP contribution in [0, 0.1) is 5.82 Å². The Balaban J connectivity index is 1.88. The Labute approximate surface area is 132 Å². The molecule has 2 rings (SSSR count). The van der Waals surface area contributed by atoms with Crippen LogP contribution < -0.4 is 10.1 Å². The molecular formula is C15H17FN2O5. The summed E-state index contributed by atoms with van der Waals surface area (Å²) in [4.78, 5) is 36.3. The Morgan fingerprint density at radius 1 is 1.22 bits per heavy atom. The van der Waals surface area contributed by atoms with Gasteiger partial charge in [-0.3, -0.25) is 9.69 Å². The second kappa shape index (κ2) is 7.08. The third kappa shape index (κ3) is 4.18. The number of nitrogens with zero attached hydrogens (tertiary/aromatic N) is 1. The summed E-state index contributed by atoms with van der Waals surface area (Å²) in [6.45, 7) is 3.44. The SMILES string of the molecule is CC(Oc1ccc(F)cc1)C(=O)OC(C)C(=O)N1CCNC1=O. The lowest BCUT2D eigenvalue weighted by atomic mass is 10.3. The first-order valence-electron chi connectivity index (χ1n) is 7.10. The number of hydrogen-bond donors (Lipinski definition) is 1. The lowest BCUT2D eigenvalue weighted by Gasteiger charge is -2.20. The molecule has 8 heteroatoms. The average Bonchev–Trinajstić information content (AvgIpc) is 2.94. The van der Waals surface area contributed by atoms with Gasteiger partial charge in [-0.25, -0.2) is 14.0 Å². The zero-order chi connectivity index (χ0) is 17.0. The fourth-order valence-corrected chi connectivity index (χ4v) is 1.99. The van der Waals surface area contributed by atoms with Crippen LogP contribution in [0.5, 0.6) is 5.75 Å². The van der Waals surface area contributed by atoms with Crippen molar-refractivity contribution < 1.29 is 28.2 Å². The van der Waals surface area contributed by atoms with Crippen LogP contribution in [0.3, 0.4) is 0 Å². The predicted molar refractivity (Wildman–Crippen MR) is 77.2 cm³/mol. The van der Waals surface area contributed by atoms with Crippen molar-refractivity contribution in [3.8, 4) is 5.75 Å². The summed E-state index contributed by atoms with van der Waals surface area (Å²) in [7, 11) is 0. The van der Waals surface area contributed by atoms with Gasteiger partial charge in [-0.1, -0.05) is 0 Å². The van der Waals surface area contributed by atoms with Gasteiger partial charge in [0.1, 0.15) is 11.6 Å². The molecule has 7 nitrogen and oxygen atoms in total. The van der Waals surface area contributed by atoms with Crippen molar-refractivity contribution in [1.29, 1.82) is 0 Å². The molecule has 0 spiro atoms. The van der Waals surface area contributed by atoms with Crippen LogP contribution >= 0.6 is 0 Å². The van der Waals surface area contributed by atoms with Gasteiger partial charge in [0.25, 0.3) is 5.91 Å². The summed E-state index contributed by atoms with van der Waals surface area (Å²) in [5.74, 6) is -1.47. The molecule has 0 aliphatic carbocycles. The third-order valence-corrected chi connectivity index (χ3v) is 3.22. The molecule has 2 atom stereocenters. The van der Waals surface area contributed by atoms with Gasteiger partial charge in [0.2, 0.25) is 0 Å². The largest absolute Gasteiger partial charge is 0.479 e. The molecule has 1 N–H and O–H groups in total. The zero-order valence-corrected chi connectivity index (χ0v) is 12.7. The maximum atomic E-state index is 12.8. The van der Waals surface area contributed by atoms with Gasteiger partial charge in [0.15, 0.2) is 12.2 Å². The summed E-state index contributed by atoms with van der Waals surface area (Å²) in [5.41, 5.74) is 0. The van der Waals surface area contributed by atoms with Crippen molar-refractivity contribution in [2.24, 2.45) is 0 Å². The molecular weight excluding hydrogens is 307 g/mol. The lowest BCUT2D eigenvalue weighted by molar-refractivity contribution is -0.163. The van der Waals surface area contributed by atoms with Crippen molar-refractivity contribution in [3.05, 3.63) is 30.1 Å². The number of rotatable bonds is 5. The molecule has 2 unspecified atom stereocenters. The van der Waals surface area contributed by atoms with Crippen LogP contribution in [0.25, 0.3) is 0 Å². The second-order valence-electron chi connectivity index (χ2n) is 5.01. The highest BCUT2D eigenvalue weighted by atomic mass is 19.1. The van der Waals surface area contributed by atoms with Crippen LogP contribution in [0.1, 0.15) is 13.8 Å². The number of halogens is 1. The Morgan fingerprint density at radius 3 is 2.43 bits per heavy atom. The molecule has 1 fully saturated rings. The van der Waals surface area contributed by atoms with E-state index in [1.54, 1.807) is 0 Å². The van der Waals surface area contributed by atoms with Crippen LogP contribution in [0.2, 0.25) is 0 Å². The topological polar surface area (TPSA) is 84.9 Å². The van der Waals surface area contributed by atoms with E-state index in [0.29, 0.717) is 12.3 Å². The van der Waals surface area contributed by atoms with Crippen molar-refractivity contribution in [2.45, 2.75) is 26.1 Å². The number of urea groups is 1. The fourth-order valence-electron chi connectivity index (χ4n) is 1.99. The van der Waals surface area contributed by atoms with E-state index >= 15 is 0 Å². The number of ether oxygens (including phenoxy) is 2. The molecule has 0 radical (unpaired) electrons. The van der Waals surface area contributed by atoms with Gasteiger partial charge in [-0.05, 0) is 38.1 Å². The first-order chi connectivity index (χ1) is 10.9. The number of benzene rings is 1. The molecule has 1 saturated heterocycles. The number of amides is 3. The Bertz CT molecular complexity index is 604. The molecule has 1 aromatic carbocycles. The summed E-state index contributed by atoms with van der Waals surface area (Å²) in [6, 6.07) is 4.65. The van der Waals surface area contributed by atoms with Crippen molar-refractivity contribution in [2.75, 3.05) is 13.1 Å². The number of hydrogen-bond acceptors (Lipinski definition) is 5. The average molecular weight is 324 g/mol. The van der Waals surface area contributed by atoms with Crippen molar-refractivity contribution >= 4 is 17.9 Å². The van der Waals surface area contributed by atoms with E-state index in [1.165, 1.54) is 38.1 Å². The monoisotopic (exact) mass is 324 g/mol. The van der Waals surface area contributed by atoms with Gasteiger partial charge in [0, 0.05) is 13.1 Å². The van der Waals surface area contributed by atoms with E-state index in [0.717, 1.165) is 4.90 Å². The van der Waals surface area contributed by atoms with Gasteiger partial charge < -0.3 is 14.8 Å². The Morgan fingerprint density at radius 2 is 1.87 bits per heavy atom. The summed E-state index contributed by atoms with van der Waals surface area (Å²) in [6.07, 6.45) is -2.09. The second-order valence-corrected chi connectivity index (χ2v) is 5.01. The maximum absolute atomic E-state index is 12.8. The summed E-state index contributed by atoms with van der Waals surface area (Å²) in [5, 5.41) is 2.49. The Hall–Kier alpha value is -2.64. The molecule has 3 amide bonds. The van der Waals surface area contributed by atoms with Crippen LogP contribution in [-0.2, 0) is 14.3 Å². The van der Waals surface area contributed by atoms with E-state index in [1.807, 2.05) is 0 Å². The molecule has 1 aliphatic heterocycles. The fraction of sp³-hybridized carbons (Fsp3) is 0.400. The van der Waals surface area contributed by atoms with Crippen molar-refractivity contribution in [3.63, 3.8) is 0 Å². The third-order valence-electron chi connectivity index (χ3n) is 3.22. The highest BCUT2D eigenvalue weighted by Gasteiger charge is 2.32. The van der Waals surface area contributed by atoms with Crippen LogP contribution in [0.15, 0.2) is 24.3 Å². The molecule has 124 valence electrons. The molecule has 1 heterocycles. The molecule has 1 aliphatic rings. The predicted octanol–water partition coefficient (Wildman–Crippen LogP) is 1.08. The molecule has 1 aromatic rings.